The van der Waals surface area contributed by atoms with Crippen LogP contribution in [-0.4, -0.2) is 23.7 Å². The number of fused-ring (bicyclic) bond motifs is 8. The van der Waals surface area contributed by atoms with Crippen LogP contribution in [0.15, 0.2) is 12.1 Å². The van der Waals surface area contributed by atoms with Crippen LogP contribution < -0.4 is 4.74 Å². The van der Waals surface area contributed by atoms with Crippen LogP contribution in [0.2, 0.25) is 0 Å². The SMILES string of the molecule is COc1c(C)ccc2[nH]c3c4c(c5c(c3c12)C(=O)CC5=O)CCC4. The lowest BCUT2D eigenvalue weighted by molar-refractivity contribution is 0.0923. The van der Waals surface area contributed by atoms with E-state index in [1.54, 1.807) is 7.11 Å². The maximum atomic E-state index is 12.6. The fourth-order valence-electron chi connectivity index (χ4n) is 4.58. The van der Waals surface area contributed by atoms with Crippen molar-refractivity contribution in [1.29, 1.82) is 0 Å². The van der Waals surface area contributed by atoms with E-state index in [0.29, 0.717) is 11.1 Å². The summed E-state index contributed by atoms with van der Waals surface area (Å²) in [5.74, 6) is 0.709. The predicted octanol–water partition coefficient (Wildman–Crippen LogP) is 3.90. The minimum absolute atomic E-state index is 0.00168. The van der Waals surface area contributed by atoms with Crippen molar-refractivity contribution in [2.45, 2.75) is 32.6 Å². The van der Waals surface area contributed by atoms with E-state index in [1.165, 1.54) is 5.56 Å². The number of aryl methyl sites for hydroxylation is 2. The summed E-state index contributed by atoms with van der Waals surface area (Å²) in [7, 11) is 1.65. The molecule has 24 heavy (non-hydrogen) atoms. The first kappa shape index (κ1) is 13.8. The third kappa shape index (κ3) is 1.49. The van der Waals surface area contributed by atoms with E-state index in [-0.39, 0.29) is 18.0 Å². The first-order chi connectivity index (χ1) is 11.6. The summed E-state index contributed by atoms with van der Waals surface area (Å²) in [4.78, 5) is 28.6. The van der Waals surface area contributed by atoms with Crippen LogP contribution in [0.25, 0.3) is 21.8 Å². The molecule has 5 rings (SSSR count). The smallest absolute Gasteiger partial charge is 0.172 e. The normalized spacial score (nSPS) is 16.2. The van der Waals surface area contributed by atoms with E-state index >= 15 is 0 Å². The van der Waals surface area contributed by atoms with Gasteiger partial charge < -0.3 is 9.72 Å². The molecule has 2 aliphatic carbocycles. The monoisotopic (exact) mass is 319 g/mol. The fraction of sp³-hybridized carbons (Fsp3) is 0.300. The zero-order chi connectivity index (χ0) is 16.6. The van der Waals surface area contributed by atoms with E-state index in [4.69, 9.17) is 4.74 Å². The molecule has 0 saturated carbocycles. The van der Waals surface area contributed by atoms with Gasteiger partial charge >= 0.3 is 0 Å². The molecule has 2 aliphatic rings. The molecule has 0 unspecified atom stereocenters. The number of hydrogen-bond acceptors (Lipinski definition) is 3. The van der Waals surface area contributed by atoms with Crippen molar-refractivity contribution in [2.75, 3.05) is 7.11 Å². The van der Waals surface area contributed by atoms with Gasteiger partial charge in [-0.05, 0) is 48.9 Å². The molecule has 3 aromatic rings. The average Bonchev–Trinajstić information content (AvgIpc) is 3.22. The molecule has 120 valence electrons. The van der Waals surface area contributed by atoms with Crippen LogP contribution in [0.3, 0.4) is 0 Å². The number of carbonyl (C=O) groups is 2. The Kier molecular flexibility index (Phi) is 2.57. The lowest BCUT2D eigenvalue weighted by Gasteiger charge is -2.10. The zero-order valence-corrected chi connectivity index (χ0v) is 13.7. The number of carbonyl (C=O) groups excluding carboxylic acids is 2. The van der Waals surface area contributed by atoms with Gasteiger partial charge in [-0.1, -0.05) is 6.07 Å². The van der Waals surface area contributed by atoms with Crippen LogP contribution in [0, 0.1) is 6.92 Å². The van der Waals surface area contributed by atoms with Crippen molar-refractivity contribution < 1.29 is 14.3 Å². The van der Waals surface area contributed by atoms with Gasteiger partial charge in [-0.3, -0.25) is 9.59 Å². The second kappa shape index (κ2) is 4.47. The third-order valence-electron chi connectivity index (χ3n) is 5.52. The number of aromatic nitrogens is 1. The number of Topliss-reactive ketones (excluding diaryl/α,β-unsaturated/α-hetero) is 2. The van der Waals surface area contributed by atoms with Gasteiger partial charge in [0.2, 0.25) is 0 Å². The molecule has 0 aliphatic heterocycles. The van der Waals surface area contributed by atoms with Crippen molar-refractivity contribution in [2.24, 2.45) is 0 Å². The van der Waals surface area contributed by atoms with Crippen LogP contribution in [0.1, 0.15) is 50.2 Å². The van der Waals surface area contributed by atoms with Crippen LogP contribution in [0.4, 0.5) is 0 Å². The van der Waals surface area contributed by atoms with E-state index in [2.05, 4.69) is 4.98 Å². The van der Waals surface area contributed by atoms with Crippen LogP contribution in [0.5, 0.6) is 5.75 Å². The minimum Gasteiger partial charge on any atom is -0.496 e. The van der Waals surface area contributed by atoms with Crippen molar-refractivity contribution in [3.8, 4) is 5.75 Å². The number of methoxy groups -OCH3 is 1. The number of nitrogens with one attached hydrogen (secondary N) is 1. The molecule has 2 aromatic carbocycles. The fourth-order valence-corrected chi connectivity index (χ4v) is 4.58. The lowest BCUT2D eigenvalue weighted by Crippen LogP contribution is -2.00. The molecule has 4 nitrogen and oxygen atoms in total. The van der Waals surface area contributed by atoms with E-state index in [0.717, 1.165) is 57.9 Å². The van der Waals surface area contributed by atoms with Gasteiger partial charge in [0.25, 0.3) is 0 Å². The first-order valence-electron chi connectivity index (χ1n) is 8.35. The minimum atomic E-state index is -0.0563. The van der Waals surface area contributed by atoms with Gasteiger partial charge in [-0.15, -0.1) is 0 Å². The highest BCUT2D eigenvalue weighted by Crippen LogP contribution is 2.45. The van der Waals surface area contributed by atoms with E-state index in [9.17, 15) is 9.59 Å². The summed E-state index contributed by atoms with van der Waals surface area (Å²) in [5, 5.41) is 1.82. The maximum Gasteiger partial charge on any atom is 0.172 e. The van der Waals surface area contributed by atoms with Gasteiger partial charge in [0, 0.05) is 16.5 Å². The molecule has 1 N–H and O–H groups in total. The Labute approximate surface area is 138 Å². The second-order valence-electron chi connectivity index (χ2n) is 6.80. The number of H-pyrrole nitrogens is 1. The molecule has 0 atom stereocenters. The van der Waals surface area contributed by atoms with Gasteiger partial charge in [0.15, 0.2) is 11.6 Å². The number of aromatic amines is 1. The predicted molar refractivity (Wildman–Crippen MR) is 92.4 cm³/mol. The number of rotatable bonds is 1. The molecule has 0 bridgehead atoms. The maximum absolute atomic E-state index is 12.6. The molecule has 4 heteroatoms. The molecule has 0 saturated heterocycles. The topological polar surface area (TPSA) is 59.2 Å². The Hall–Kier alpha value is -2.62. The van der Waals surface area contributed by atoms with Crippen molar-refractivity contribution in [1.82, 2.24) is 4.98 Å². The molecule has 1 heterocycles. The Morgan fingerprint density at radius 3 is 2.54 bits per heavy atom. The van der Waals surface area contributed by atoms with Crippen molar-refractivity contribution in [3.63, 3.8) is 0 Å². The molecule has 0 amide bonds. The van der Waals surface area contributed by atoms with E-state index in [1.807, 2.05) is 19.1 Å². The number of hydrogen-bond donors (Lipinski definition) is 1. The third-order valence-corrected chi connectivity index (χ3v) is 5.52. The quantitative estimate of drug-likeness (QED) is 0.692. The summed E-state index contributed by atoms with van der Waals surface area (Å²) >= 11 is 0. The first-order valence-corrected chi connectivity index (χ1v) is 8.35. The molecule has 0 spiro atoms. The zero-order valence-electron chi connectivity index (χ0n) is 13.7. The lowest BCUT2D eigenvalue weighted by atomic mass is 9.93. The Morgan fingerprint density at radius 2 is 1.75 bits per heavy atom. The largest absolute Gasteiger partial charge is 0.496 e. The average molecular weight is 319 g/mol. The van der Waals surface area contributed by atoms with Gasteiger partial charge in [0.1, 0.15) is 5.75 Å². The molecular formula is C20H17NO3. The molecule has 0 radical (unpaired) electrons. The summed E-state index contributed by atoms with van der Waals surface area (Å²) in [6.45, 7) is 2.00. The molecular weight excluding hydrogens is 302 g/mol. The highest BCUT2D eigenvalue weighted by Gasteiger charge is 2.37. The van der Waals surface area contributed by atoms with Crippen molar-refractivity contribution in [3.05, 3.63) is 39.9 Å². The number of ketones is 2. The summed E-state index contributed by atoms with van der Waals surface area (Å²) in [6.07, 6.45) is 2.88. The highest BCUT2D eigenvalue weighted by atomic mass is 16.5. The van der Waals surface area contributed by atoms with Gasteiger partial charge in [0.05, 0.1) is 30.0 Å². The molecule has 0 fully saturated rings. The summed E-state index contributed by atoms with van der Waals surface area (Å²) in [6, 6.07) is 4.05. The highest BCUT2D eigenvalue weighted by molar-refractivity contribution is 6.33. The molecule has 1 aromatic heterocycles. The Balaban J connectivity index is 2.10. The van der Waals surface area contributed by atoms with Crippen molar-refractivity contribution >= 4 is 33.4 Å². The standard InChI is InChI=1S/C20H17NO3/c1-9-6-7-12-16(20(9)24-2)18-17-14(23)8-13(22)15(17)10-4-3-5-11(10)19(18)21-12/h6-7,21H,3-5,8H2,1-2H3. The number of ether oxygens (including phenoxy) is 1. The number of benzene rings is 2. The Morgan fingerprint density at radius 1 is 1.00 bits per heavy atom. The second-order valence-corrected chi connectivity index (χ2v) is 6.80. The van der Waals surface area contributed by atoms with Gasteiger partial charge in [-0.2, -0.15) is 0 Å². The van der Waals surface area contributed by atoms with Crippen LogP contribution in [-0.2, 0) is 12.8 Å². The summed E-state index contributed by atoms with van der Waals surface area (Å²) in [5.41, 5.74) is 6.61. The van der Waals surface area contributed by atoms with Crippen LogP contribution >= 0.6 is 0 Å². The Bertz CT molecular complexity index is 1090. The van der Waals surface area contributed by atoms with E-state index < -0.39 is 0 Å². The van der Waals surface area contributed by atoms with Gasteiger partial charge in [-0.25, -0.2) is 0 Å². The summed E-state index contributed by atoms with van der Waals surface area (Å²) < 4.78 is 5.65.